The van der Waals surface area contributed by atoms with Crippen LogP contribution in [0.5, 0.6) is 5.88 Å². The Morgan fingerprint density at radius 1 is 1.06 bits per heavy atom. The highest BCUT2D eigenvalue weighted by molar-refractivity contribution is 6.34. The first-order valence-electron chi connectivity index (χ1n) is 10.9. The molecule has 1 aromatic carbocycles. The number of primary amides is 1. The molecule has 0 bridgehead atoms. The molecule has 0 saturated heterocycles. The lowest BCUT2D eigenvalue weighted by Gasteiger charge is -2.28. The van der Waals surface area contributed by atoms with Gasteiger partial charge in [-0.2, -0.15) is 0 Å². The van der Waals surface area contributed by atoms with E-state index in [1.807, 2.05) is 28.8 Å². The van der Waals surface area contributed by atoms with Crippen molar-refractivity contribution in [2.24, 2.45) is 5.73 Å². The van der Waals surface area contributed by atoms with E-state index in [0.717, 1.165) is 42.8 Å². The predicted molar refractivity (Wildman–Crippen MR) is 120 cm³/mol. The van der Waals surface area contributed by atoms with Crippen molar-refractivity contribution in [3.05, 3.63) is 64.8 Å². The average Bonchev–Trinajstić information content (AvgIpc) is 3.15. The molecule has 0 unspecified atom stereocenters. The summed E-state index contributed by atoms with van der Waals surface area (Å²) in [5.41, 5.74) is 6.93. The molecule has 9 nitrogen and oxygen atoms in total. The van der Waals surface area contributed by atoms with E-state index >= 15 is 0 Å². The van der Waals surface area contributed by atoms with Crippen LogP contribution in [0, 0.1) is 0 Å². The maximum absolute atomic E-state index is 12.4. The van der Waals surface area contributed by atoms with Crippen molar-refractivity contribution in [1.82, 2.24) is 24.6 Å². The molecule has 3 heterocycles. The lowest BCUT2D eigenvalue weighted by atomic mass is 9.86. The second-order valence-electron chi connectivity index (χ2n) is 8.37. The van der Waals surface area contributed by atoms with Crippen molar-refractivity contribution in [3.63, 3.8) is 0 Å². The van der Waals surface area contributed by atoms with Crippen LogP contribution in [0.3, 0.4) is 0 Å². The number of nitrogens with two attached hydrogens (primary N) is 1. The van der Waals surface area contributed by atoms with Crippen molar-refractivity contribution in [2.45, 2.75) is 50.8 Å². The van der Waals surface area contributed by atoms with Crippen molar-refractivity contribution >= 4 is 23.4 Å². The molecule has 2 amide bonds. The number of benzene rings is 1. The molecule has 33 heavy (non-hydrogen) atoms. The van der Waals surface area contributed by atoms with Crippen molar-refractivity contribution in [3.8, 4) is 11.6 Å². The van der Waals surface area contributed by atoms with E-state index in [2.05, 4.69) is 15.2 Å². The molecule has 1 fully saturated rings. The van der Waals surface area contributed by atoms with E-state index in [4.69, 9.17) is 22.1 Å². The molecule has 0 radical (unpaired) electrons. The van der Waals surface area contributed by atoms with Gasteiger partial charge in [0.25, 0.3) is 0 Å². The van der Waals surface area contributed by atoms with E-state index in [-0.39, 0.29) is 25.1 Å². The first kappa shape index (κ1) is 21.4. The Balaban J connectivity index is 1.42. The van der Waals surface area contributed by atoms with Crippen LogP contribution in [-0.4, -0.2) is 42.6 Å². The summed E-state index contributed by atoms with van der Waals surface area (Å²) in [4.78, 5) is 29.6. The zero-order chi connectivity index (χ0) is 22.9. The number of ether oxygens (including phenoxy) is 1. The molecule has 2 N–H and O–H groups in total. The highest BCUT2D eigenvalue weighted by atomic mass is 35.5. The van der Waals surface area contributed by atoms with E-state index in [9.17, 15) is 9.59 Å². The quantitative estimate of drug-likeness (QED) is 0.593. The smallest absolute Gasteiger partial charge is 0.312 e. The highest BCUT2D eigenvalue weighted by Gasteiger charge is 2.33. The highest BCUT2D eigenvalue weighted by Crippen LogP contribution is 2.37. The summed E-state index contributed by atoms with van der Waals surface area (Å²) in [6.07, 6.45) is 5.37. The Morgan fingerprint density at radius 2 is 1.88 bits per heavy atom. The van der Waals surface area contributed by atoms with Crippen molar-refractivity contribution < 1.29 is 14.3 Å². The van der Waals surface area contributed by atoms with E-state index in [1.165, 1.54) is 4.90 Å². The van der Waals surface area contributed by atoms with Crippen LogP contribution in [0.1, 0.15) is 48.8 Å². The van der Waals surface area contributed by atoms with Crippen LogP contribution < -0.4 is 10.5 Å². The minimum Gasteiger partial charge on any atom is -0.474 e. The Labute approximate surface area is 195 Å². The molecule has 0 atom stereocenters. The van der Waals surface area contributed by atoms with Gasteiger partial charge in [0, 0.05) is 29.7 Å². The van der Waals surface area contributed by atoms with Gasteiger partial charge in [0.15, 0.2) is 5.82 Å². The second kappa shape index (κ2) is 8.82. The number of carbonyl (C=O) groups is 2. The Bertz CT molecular complexity index is 1190. The molecule has 3 aromatic rings. The normalized spacial score (nSPS) is 19.8. The molecule has 1 aliphatic carbocycles. The molecule has 0 spiro atoms. The fourth-order valence-electron chi connectivity index (χ4n) is 4.62. The first-order chi connectivity index (χ1) is 16.0. The topological polar surface area (TPSA) is 116 Å². The predicted octanol–water partition coefficient (Wildman–Crippen LogP) is 2.75. The first-order valence-corrected chi connectivity index (χ1v) is 11.3. The fourth-order valence-corrected chi connectivity index (χ4v) is 4.81. The summed E-state index contributed by atoms with van der Waals surface area (Å²) in [7, 11) is 0. The van der Waals surface area contributed by atoms with E-state index < -0.39 is 11.8 Å². The average molecular weight is 467 g/mol. The largest absolute Gasteiger partial charge is 0.474 e. The van der Waals surface area contributed by atoms with Crippen LogP contribution >= 0.6 is 11.6 Å². The maximum Gasteiger partial charge on any atom is 0.312 e. The molecule has 5 rings (SSSR count). The summed E-state index contributed by atoms with van der Waals surface area (Å²) in [5, 5.41) is 9.44. The zero-order valence-corrected chi connectivity index (χ0v) is 18.6. The standard InChI is InChI=1S/C23H23ClN6O3/c24-16-6-9-18-15(11-16)12-29(23(32)21(25)31)13-19-27-28-22(30(18)19)14-4-7-17(8-5-14)33-20-3-1-2-10-26-20/h1-3,6,9-11,14,17H,4-5,7-8,12-13H2,(H2,25,31). The summed E-state index contributed by atoms with van der Waals surface area (Å²) in [6.45, 7) is 0.352. The number of nitrogens with zero attached hydrogens (tertiary/aromatic N) is 5. The summed E-state index contributed by atoms with van der Waals surface area (Å²) < 4.78 is 8.03. The van der Waals surface area contributed by atoms with Gasteiger partial charge in [-0.1, -0.05) is 17.7 Å². The minimum atomic E-state index is -1.00. The third-order valence-electron chi connectivity index (χ3n) is 6.19. The monoisotopic (exact) mass is 466 g/mol. The third kappa shape index (κ3) is 4.28. The van der Waals surface area contributed by atoms with Crippen LogP contribution in [0.4, 0.5) is 0 Å². The van der Waals surface area contributed by atoms with Gasteiger partial charge in [-0.05, 0) is 55.5 Å². The number of amides is 2. The van der Waals surface area contributed by atoms with Gasteiger partial charge in [0.1, 0.15) is 11.9 Å². The summed E-state index contributed by atoms with van der Waals surface area (Å²) in [5.74, 6) is 0.508. The van der Waals surface area contributed by atoms with Crippen LogP contribution in [-0.2, 0) is 22.7 Å². The van der Waals surface area contributed by atoms with Gasteiger partial charge in [-0.25, -0.2) is 4.98 Å². The van der Waals surface area contributed by atoms with Crippen LogP contribution in [0.15, 0.2) is 42.6 Å². The molecule has 1 saturated carbocycles. The van der Waals surface area contributed by atoms with E-state index in [0.29, 0.717) is 16.7 Å². The summed E-state index contributed by atoms with van der Waals surface area (Å²) in [6, 6.07) is 11.2. The van der Waals surface area contributed by atoms with Gasteiger partial charge >= 0.3 is 11.8 Å². The van der Waals surface area contributed by atoms with Gasteiger partial charge in [0.2, 0.25) is 5.88 Å². The van der Waals surface area contributed by atoms with Gasteiger partial charge in [-0.15, -0.1) is 10.2 Å². The molecule has 1 aliphatic heterocycles. The van der Waals surface area contributed by atoms with Crippen LogP contribution in [0.25, 0.3) is 5.69 Å². The van der Waals surface area contributed by atoms with Crippen molar-refractivity contribution in [2.75, 3.05) is 0 Å². The number of pyridine rings is 1. The number of halogens is 1. The second-order valence-corrected chi connectivity index (χ2v) is 8.80. The van der Waals surface area contributed by atoms with E-state index in [1.54, 1.807) is 18.3 Å². The molecule has 10 heteroatoms. The third-order valence-corrected chi connectivity index (χ3v) is 6.43. The number of hydrogen-bond acceptors (Lipinski definition) is 6. The number of rotatable bonds is 3. The minimum absolute atomic E-state index is 0.109. The summed E-state index contributed by atoms with van der Waals surface area (Å²) >= 11 is 6.24. The Morgan fingerprint density at radius 3 is 2.61 bits per heavy atom. The number of hydrogen-bond donors (Lipinski definition) is 1. The SMILES string of the molecule is NC(=O)C(=O)N1Cc2cc(Cl)ccc2-n2c(nnc2C2CCC(Oc3ccccn3)CC2)C1. The van der Waals surface area contributed by atoms with Crippen LogP contribution in [0.2, 0.25) is 5.02 Å². The number of carbonyl (C=O) groups excluding carboxylic acids is 2. The zero-order valence-electron chi connectivity index (χ0n) is 17.9. The van der Waals surface area contributed by atoms with Gasteiger partial charge < -0.3 is 15.4 Å². The number of fused-ring (bicyclic) bond motifs is 3. The maximum atomic E-state index is 12.4. The molecule has 2 aromatic heterocycles. The van der Waals surface area contributed by atoms with Crippen molar-refractivity contribution in [1.29, 1.82) is 0 Å². The molecule has 170 valence electrons. The van der Waals surface area contributed by atoms with Gasteiger partial charge in [0.05, 0.1) is 12.2 Å². The molecule has 2 aliphatic rings. The number of aromatic nitrogens is 4. The molecular formula is C23H23ClN6O3. The molecular weight excluding hydrogens is 444 g/mol. The fraction of sp³-hybridized carbons (Fsp3) is 0.348. The lowest BCUT2D eigenvalue weighted by Crippen LogP contribution is -2.39. The van der Waals surface area contributed by atoms with Gasteiger partial charge in [-0.3, -0.25) is 14.2 Å². The Hall–Kier alpha value is -3.46. The lowest BCUT2D eigenvalue weighted by molar-refractivity contribution is -0.145. The Kier molecular flexibility index (Phi) is 5.72.